The van der Waals surface area contributed by atoms with Gasteiger partial charge in [-0.3, -0.25) is 0 Å². The molecule has 2 aromatic rings. The highest BCUT2D eigenvalue weighted by Gasteiger charge is 2.22. The Hall–Kier alpha value is -1.40. The van der Waals surface area contributed by atoms with Gasteiger partial charge in [0.05, 0.1) is 12.6 Å². The number of hydrogen-bond donors (Lipinski definition) is 2. The van der Waals surface area contributed by atoms with Crippen LogP contribution in [0.15, 0.2) is 21.9 Å². The molecular formula is C14H20N4OS. The monoisotopic (exact) mass is 292 g/mol. The van der Waals surface area contributed by atoms with Gasteiger partial charge in [0.25, 0.3) is 0 Å². The van der Waals surface area contributed by atoms with Crippen molar-refractivity contribution in [2.24, 2.45) is 5.92 Å². The third kappa shape index (κ3) is 3.37. The Bertz CT molecular complexity index is 533. The quantitative estimate of drug-likeness (QED) is 0.820. The molecule has 2 N–H and O–H groups in total. The lowest BCUT2D eigenvalue weighted by molar-refractivity contribution is 0.460. The van der Waals surface area contributed by atoms with Gasteiger partial charge in [0, 0.05) is 10.9 Å². The minimum Gasteiger partial charge on any atom is -0.407 e. The second kappa shape index (κ2) is 5.93. The van der Waals surface area contributed by atoms with E-state index in [-0.39, 0.29) is 6.04 Å². The van der Waals surface area contributed by atoms with Crippen LogP contribution in [-0.2, 0) is 6.54 Å². The van der Waals surface area contributed by atoms with Crippen molar-refractivity contribution in [1.82, 2.24) is 15.5 Å². The first-order chi connectivity index (χ1) is 9.72. The second-order valence-electron chi connectivity index (χ2n) is 5.54. The van der Waals surface area contributed by atoms with Crippen molar-refractivity contribution in [3.8, 4) is 0 Å². The number of hydrogen-bond acceptors (Lipinski definition) is 6. The largest absolute Gasteiger partial charge is 0.407 e. The lowest BCUT2D eigenvalue weighted by Crippen LogP contribution is -2.16. The van der Waals surface area contributed by atoms with Crippen molar-refractivity contribution in [1.29, 1.82) is 0 Å². The lowest BCUT2D eigenvalue weighted by atomic mass is 10.0. The maximum atomic E-state index is 5.65. The first-order valence-electron chi connectivity index (χ1n) is 7.08. The Kier molecular flexibility index (Phi) is 4.03. The van der Waals surface area contributed by atoms with Gasteiger partial charge in [0.2, 0.25) is 5.89 Å². The summed E-state index contributed by atoms with van der Waals surface area (Å²) >= 11 is 1.74. The minimum absolute atomic E-state index is 0.208. The van der Waals surface area contributed by atoms with E-state index in [4.69, 9.17) is 4.42 Å². The van der Waals surface area contributed by atoms with Gasteiger partial charge in [0.15, 0.2) is 0 Å². The summed E-state index contributed by atoms with van der Waals surface area (Å²) in [5.41, 5.74) is 0. The highest BCUT2D eigenvalue weighted by Crippen LogP contribution is 2.29. The summed E-state index contributed by atoms with van der Waals surface area (Å²) in [6.45, 7) is 5.03. The van der Waals surface area contributed by atoms with Crippen molar-refractivity contribution in [3.05, 3.63) is 28.3 Å². The molecule has 0 spiro atoms. The van der Waals surface area contributed by atoms with Gasteiger partial charge in [-0.05, 0) is 30.2 Å². The number of anilines is 1. The fraction of sp³-hybridized carbons (Fsp3) is 0.571. The Morgan fingerprint density at radius 1 is 1.40 bits per heavy atom. The fourth-order valence-electron chi connectivity index (χ4n) is 2.07. The molecule has 1 atom stereocenters. The van der Waals surface area contributed by atoms with Crippen LogP contribution in [0.1, 0.15) is 43.5 Å². The summed E-state index contributed by atoms with van der Waals surface area (Å²) < 4.78 is 5.65. The zero-order valence-corrected chi connectivity index (χ0v) is 12.6. The van der Waals surface area contributed by atoms with Crippen LogP contribution in [-0.4, -0.2) is 16.2 Å². The number of nitrogens with zero attached hydrogens (tertiary/aromatic N) is 2. The van der Waals surface area contributed by atoms with E-state index in [0.717, 1.165) is 0 Å². The Morgan fingerprint density at radius 3 is 2.90 bits per heavy atom. The molecule has 108 valence electrons. The maximum absolute atomic E-state index is 5.65. The van der Waals surface area contributed by atoms with Crippen LogP contribution in [0, 0.1) is 5.92 Å². The molecule has 0 bridgehead atoms. The highest BCUT2D eigenvalue weighted by molar-refractivity contribution is 7.10. The van der Waals surface area contributed by atoms with Crippen molar-refractivity contribution >= 4 is 17.4 Å². The molecule has 3 rings (SSSR count). The SMILES string of the molecule is CC(C)C(Nc1nnc(CNC2CC2)o1)c1cccs1. The van der Waals surface area contributed by atoms with E-state index in [9.17, 15) is 0 Å². The number of nitrogens with one attached hydrogen (secondary N) is 2. The third-order valence-corrected chi connectivity index (χ3v) is 4.34. The molecule has 1 fully saturated rings. The van der Waals surface area contributed by atoms with Crippen LogP contribution >= 0.6 is 11.3 Å². The van der Waals surface area contributed by atoms with Gasteiger partial charge in [-0.1, -0.05) is 25.0 Å². The van der Waals surface area contributed by atoms with Gasteiger partial charge in [-0.2, -0.15) is 0 Å². The van der Waals surface area contributed by atoms with Gasteiger partial charge >= 0.3 is 6.01 Å². The van der Waals surface area contributed by atoms with E-state index in [2.05, 4.69) is 52.2 Å². The van der Waals surface area contributed by atoms with E-state index < -0.39 is 0 Å². The smallest absolute Gasteiger partial charge is 0.316 e. The van der Waals surface area contributed by atoms with Crippen LogP contribution in [0.5, 0.6) is 0 Å². The predicted molar refractivity (Wildman–Crippen MR) is 79.7 cm³/mol. The van der Waals surface area contributed by atoms with E-state index in [1.165, 1.54) is 17.7 Å². The van der Waals surface area contributed by atoms with Crippen LogP contribution in [0.3, 0.4) is 0 Å². The van der Waals surface area contributed by atoms with Crippen molar-refractivity contribution in [3.63, 3.8) is 0 Å². The lowest BCUT2D eigenvalue weighted by Gasteiger charge is -2.19. The van der Waals surface area contributed by atoms with Crippen LogP contribution in [0.25, 0.3) is 0 Å². The molecule has 1 aliphatic carbocycles. The Morgan fingerprint density at radius 2 is 2.25 bits per heavy atom. The molecule has 1 unspecified atom stereocenters. The van der Waals surface area contributed by atoms with Crippen LogP contribution < -0.4 is 10.6 Å². The van der Waals surface area contributed by atoms with E-state index >= 15 is 0 Å². The molecule has 0 aliphatic heterocycles. The first-order valence-corrected chi connectivity index (χ1v) is 7.96. The Balaban J connectivity index is 1.62. The summed E-state index contributed by atoms with van der Waals surface area (Å²) in [5.74, 6) is 1.10. The number of rotatable bonds is 7. The normalized spacial score (nSPS) is 16.6. The molecular weight excluding hydrogens is 272 g/mol. The van der Waals surface area contributed by atoms with Gasteiger partial charge in [-0.25, -0.2) is 0 Å². The second-order valence-corrected chi connectivity index (χ2v) is 6.52. The molecule has 6 heteroatoms. The zero-order chi connectivity index (χ0) is 13.9. The van der Waals surface area contributed by atoms with Crippen molar-refractivity contribution < 1.29 is 4.42 Å². The van der Waals surface area contributed by atoms with Gasteiger partial charge in [0.1, 0.15) is 0 Å². The zero-order valence-electron chi connectivity index (χ0n) is 11.8. The molecule has 0 saturated heterocycles. The standard InChI is InChI=1S/C14H20N4OS/c1-9(2)13(11-4-3-7-20-11)16-14-18-17-12(19-14)8-15-10-5-6-10/h3-4,7,9-10,13,15H,5-6,8H2,1-2H3,(H,16,18). The van der Waals surface area contributed by atoms with Gasteiger partial charge < -0.3 is 15.1 Å². The van der Waals surface area contributed by atoms with Crippen molar-refractivity contribution in [2.45, 2.75) is 45.3 Å². The summed E-state index contributed by atoms with van der Waals surface area (Å²) in [4.78, 5) is 1.29. The maximum Gasteiger partial charge on any atom is 0.316 e. The molecule has 0 amide bonds. The predicted octanol–water partition coefficient (Wildman–Crippen LogP) is 3.19. The molecule has 20 heavy (non-hydrogen) atoms. The van der Waals surface area contributed by atoms with E-state index in [0.29, 0.717) is 30.4 Å². The average Bonchev–Trinajstić information content (AvgIpc) is 2.91. The third-order valence-electron chi connectivity index (χ3n) is 3.38. The van der Waals surface area contributed by atoms with Crippen LogP contribution in [0.2, 0.25) is 0 Å². The first kappa shape index (κ1) is 13.6. The summed E-state index contributed by atoms with van der Waals surface area (Å²) in [6, 6.07) is 5.56. The van der Waals surface area contributed by atoms with E-state index in [1.807, 2.05) is 0 Å². The molecule has 5 nitrogen and oxygen atoms in total. The molecule has 0 aromatic carbocycles. The van der Waals surface area contributed by atoms with E-state index in [1.54, 1.807) is 11.3 Å². The number of thiophene rings is 1. The van der Waals surface area contributed by atoms with Crippen LogP contribution in [0.4, 0.5) is 6.01 Å². The molecule has 2 aromatic heterocycles. The minimum atomic E-state index is 0.208. The fourth-order valence-corrected chi connectivity index (χ4v) is 3.02. The summed E-state index contributed by atoms with van der Waals surface area (Å²) in [5, 5.41) is 17.0. The summed E-state index contributed by atoms with van der Waals surface area (Å²) in [6.07, 6.45) is 2.51. The average molecular weight is 292 g/mol. The van der Waals surface area contributed by atoms with Crippen molar-refractivity contribution in [2.75, 3.05) is 5.32 Å². The molecule has 0 radical (unpaired) electrons. The summed E-state index contributed by atoms with van der Waals surface area (Å²) in [7, 11) is 0. The molecule has 2 heterocycles. The number of aromatic nitrogens is 2. The molecule has 1 saturated carbocycles. The van der Waals surface area contributed by atoms with Gasteiger partial charge in [-0.15, -0.1) is 16.4 Å². The Labute approximate surface area is 122 Å². The highest BCUT2D eigenvalue weighted by atomic mass is 32.1. The molecule has 1 aliphatic rings. The topological polar surface area (TPSA) is 63.0 Å².